The van der Waals surface area contributed by atoms with E-state index in [-0.39, 0.29) is 23.5 Å². The SMILES string of the molecule is CNC(=O)[C@@H]1[C@@H](Cc2ccnc(C)c2)C(=O)N1C(=O)N1CCC[C@H](c2cccc(F)c2)C1. The van der Waals surface area contributed by atoms with Crippen LogP contribution in [0.3, 0.4) is 0 Å². The predicted molar refractivity (Wildman–Crippen MR) is 116 cm³/mol. The van der Waals surface area contributed by atoms with Gasteiger partial charge in [0.05, 0.1) is 5.92 Å². The van der Waals surface area contributed by atoms with Crippen molar-refractivity contribution >= 4 is 17.8 Å². The van der Waals surface area contributed by atoms with Crippen LogP contribution in [-0.4, -0.2) is 58.8 Å². The molecule has 0 bridgehead atoms. The molecule has 0 spiro atoms. The van der Waals surface area contributed by atoms with Crippen molar-refractivity contribution < 1.29 is 18.8 Å². The number of amides is 4. The van der Waals surface area contributed by atoms with Gasteiger partial charge in [0.15, 0.2) is 0 Å². The van der Waals surface area contributed by atoms with Gasteiger partial charge in [-0.05, 0) is 61.6 Å². The number of halogens is 1. The number of carbonyl (C=O) groups excluding carboxylic acids is 3. The van der Waals surface area contributed by atoms with Gasteiger partial charge in [-0.3, -0.25) is 19.5 Å². The molecular weight excluding hydrogens is 411 g/mol. The van der Waals surface area contributed by atoms with Gasteiger partial charge in [-0.25, -0.2) is 9.18 Å². The van der Waals surface area contributed by atoms with Crippen LogP contribution in [-0.2, 0) is 16.0 Å². The summed E-state index contributed by atoms with van der Waals surface area (Å²) in [5.74, 6) is -1.60. The van der Waals surface area contributed by atoms with Gasteiger partial charge in [-0.2, -0.15) is 0 Å². The molecule has 0 aliphatic carbocycles. The molecular formula is C24H27FN4O3. The second-order valence-electron chi connectivity index (χ2n) is 8.51. The number of nitrogens with zero attached hydrogens (tertiary/aromatic N) is 3. The largest absolute Gasteiger partial charge is 0.357 e. The number of aryl methyl sites for hydroxylation is 1. The van der Waals surface area contributed by atoms with Gasteiger partial charge in [0.1, 0.15) is 11.9 Å². The topological polar surface area (TPSA) is 82.6 Å². The van der Waals surface area contributed by atoms with E-state index in [1.807, 2.05) is 25.1 Å². The van der Waals surface area contributed by atoms with E-state index in [4.69, 9.17) is 0 Å². The third kappa shape index (κ3) is 4.22. The Morgan fingerprint density at radius 3 is 2.78 bits per heavy atom. The lowest BCUT2D eigenvalue weighted by Gasteiger charge is -2.47. The molecule has 168 valence electrons. The zero-order valence-corrected chi connectivity index (χ0v) is 18.3. The van der Waals surface area contributed by atoms with Crippen molar-refractivity contribution in [3.8, 4) is 0 Å². The molecule has 4 amide bonds. The van der Waals surface area contributed by atoms with E-state index in [0.717, 1.165) is 34.6 Å². The Morgan fingerprint density at radius 1 is 1.25 bits per heavy atom. The van der Waals surface area contributed by atoms with Crippen LogP contribution in [0.2, 0.25) is 0 Å². The number of aromatic nitrogens is 1. The number of rotatable bonds is 4. The number of β-lactam (4-membered cyclic amide) rings is 1. The highest BCUT2D eigenvalue weighted by atomic mass is 19.1. The van der Waals surface area contributed by atoms with Gasteiger partial charge in [0.25, 0.3) is 0 Å². The standard InChI is InChI=1S/C24H27FN4O3/c1-15-11-16(8-9-27-15)12-20-21(22(30)26-2)29(23(20)31)24(32)28-10-4-6-18(14-28)17-5-3-7-19(25)13-17/h3,5,7-9,11,13,18,20-21H,4,6,10,12,14H2,1-2H3,(H,26,30)/t18-,20+,21-/m0/s1. The molecule has 0 unspecified atom stereocenters. The van der Waals surface area contributed by atoms with Crippen molar-refractivity contribution in [1.82, 2.24) is 20.1 Å². The van der Waals surface area contributed by atoms with Crippen LogP contribution in [0.4, 0.5) is 9.18 Å². The summed E-state index contributed by atoms with van der Waals surface area (Å²) >= 11 is 0. The fourth-order valence-corrected chi connectivity index (χ4v) is 4.73. The monoisotopic (exact) mass is 438 g/mol. The quantitative estimate of drug-likeness (QED) is 0.744. The molecule has 2 aliphatic rings. The Hall–Kier alpha value is -3.29. The first kappa shape index (κ1) is 21.9. The number of carbonyl (C=O) groups is 3. The van der Waals surface area contributed by atoms with E-state index in [2.05, 4.69) is 10.3 Å². The zero-order valence-electron chi connectivity index (χ0n) is 18.3. The van der Waals surface area contributed by atoms with Crippen LogP contribution in [0.25, 0.3) is 0 Å². The molecule has 32 heavy (non-hydrogen) atoms. The number of piperidine rings is 1. The number of hydrogen-bond acceptors (Lipinski definition) is 4. The lowest BCUT2D eigenvalue weighted by molar-refractivity contribution is -0.158. The predicted octanol–water partition coefficient (Wildman–Crippen LogP) is 2.64. The number of urea groups is 1. The Balaban J connectivity index is 1.50. The molecule has 3 heterocycles. The number of benzene rings is 1. The van der Waals surface area contributed by atoms with Crippen molar-refractivity contribution in [3.05, 3.63) is 65.2 Å². The summed E-state index contributed by atoms with van der Waals surface area (Å²) in [6.45, 7) is 2.76. The molecule has 2 aromatic rings. The van der Waals surface area contributed by atoms with E-state index in [1.54, 1.807) is 17.2 Å². The Bertz CT molecular complexity index is 1040. The molecule has 2 saturated heterocycles. The number of likely N-dealkylation sites (tertiary alicyclic amines) is 2. The fourth-order valence-electron chi connectivity index (χ4n) is 4.73. The number of nitrogens with one attached hydrogen (secondary N) is 1. The van der Waals surface area contributed by atoms with Crippen LogP contribution < -0.4 is 5.32 Å². The van der Waals surface area contributed by atoms with Crippen LogP contribution >= 0.6 is 0 Å². The summed E-state index contributed by atoms with van der Waals surface area (Å²) in [6, 6.07) is 8.82. The maximum Gasteiger partial charge on any atom is 0.327 e. The molecule has 4 rings (SSSR count). The molecule has 2 fully saturated rings. The highest BCUT2D eigenvalue weighted by Gasteiger charge is 2.55. The summed E-state index contributed by atoms with van der Waals surface area (Å²) in [7, 11) is 1.50. The first-order chi connectivity index (χ1) is 15.4. The van der Waals surface area contributed by atoms with E-state index in [0.29, 0.717) is 19.5 Å². The third-order valence-electron chi connectivity index (χ3n) is 6.36. The molecule has 0 radical (unpaired) electrons. The third-order valence-corrected chi connectivity index (χ3v) is 6.36. The zero-order chi connectivity index (χ0) is 22.8. The summed E-state index contributed by atoms with van der Waals surface area (Å²) in [6.07, 6.45) is 3.63. The fraction of sp³-hybridized carbons (Fsp3) is 0.417. The first-order valence-corrected chi connectivity index (χ1v) is 10.9. The van der Waals surface area contributed by atoms with Gasteiger partial charge in [0.2, 0.25) is 11.8 Å². The Morgan fingerprint density at radius 2 is 2.06 bits per heavy atom. The smallest absolute Gasteiger partial charge is 0.327 e. The van der Waals surface area contributed by atoms with Crippen LogP contribution in [0, 0.1) is 18.7 Å². The lowest BCUT2D eigenvalue weighted by atomic mass is 9.81. The van der Waals surface area contributed by atoms with Crippen LogP contribution in [0.5, 0.6) is 0 Å². The molecule has 1 N–H and O–H groups in total. The number of hydrogen-bond donors (Lipinski definition) is 1. The van der Waals surface area contributed by atoms with Gasteiger partial charge in [-0.1, -0.05) is 12.1 Å². The summed E-state index contributed by atoms with van der Waals surface area (Å²) in [5.41, 5.74) is 2.57. The van der Waals surface area contributed by atoms with Crippen molar-refractivity contribution in [3.63, 3.8) is 0 Å². The summed E-state index contributed by atoms with van der Waals surface area (Å²) in [5, 5.41) is 2.59. The van der Waals surface area contributed by atoms with Crippen LogP contribution in [0.15, 0.2) is 42.6 Å². The van der Waals surface area contributed by atoms with Crippen molar-refractivity contribution in [2.45, 2.75) is 38.1 Å². The molecule has 7 nitrogen and oxygen atoms in total. The minimum absolute atomic E-state index is 0.00572. The molecule has 1 aromatic carbocycles. The lowest BCUT2D eigenvalue weighted by Crippen LogP contribution is -2.70. The van der Waals surface area contributed by atoms with Crippen molar-refractivity contribution in [2.24, 2.45) is 5.92 Å². The highest BCUT2D eigenvalue weighted by molar-refractivity contribution is 6.09. The normalized spacial score (nSPS) is 23.0. The average molecular weight is 439 g/mol. The minimum Gasteiger partial charge on any atom is -0.357 e. The van der Waals surface area contributed by atoms with E-state index in [9.17, 15) is 18.8 Å². The Kier molecular flexibility index (Phi) is 6.21. The van der Waals surface area contributed by atoms with Gasteiger partial charge in [0, 0.05) is 37.9 Å². The summed E-state index contributed by atoms with van der Waals surface area (Å²) in [4.78, 5) is 45.7. The molecule has 1 aromatic heterocycles. The number of pyridine rings is 1. The van der Waals surface area contributed by atoms with Gasteiger partial charge < -0.3 is 10.2 Å². The molecule has 0 saturated carbocycles. The number of likely N-dealkylation sites (N-methyl/N-ethyl adjacent to an activating group) is 1. The number of imide groups is 1. The summed E-state index contributed by atoms with van der Waals surface area (Å²) < 4.78 is 13.7. The first-order valence-electron chi connectivity index (χ1n) is 10.9. The second kappa shape index (κ2) is 9.06. The molecule has 3 atom stereocenters. The van der Waals surface area contributed by atoms with Gasteiger partial charge in [-0.15, -0.1) is 0 Å². The second-order valence-corrected chi connectivity index (χ2v) is 8.51. The molecule has 2 aliphatic heterocycles. The average Bonchev–Trinajstić information content (AvgIpc) is 2.80. The Labute approximate surface area is 186 Å². The minimum atomic E-state index is -0.844. The van der Waals surface area contributed by atoms with E-state index >= 15 is 0 Å². The van der Waals surface area contributed by atoms with E-state index < -0.39 is 18.0 Å². The van der Waals surface area contributed by atoms with E-state index in [1.165, 1.54) is 19.2 Å². The maximum absolute atomic E-state index is 13.7. The van der Waals surface area contributed by atoms with Crippen LogP contribution in [0.1, 0.15) is 35.6 Å². The van der Waals surface area contributed by atoms with Gasteiger partial charge >= 0.3 is 6.03 Å². The molecule has 8 heteroatoms. The maximum atomic E-state index is 13.7. The van der Waals surface area contributed by atoms with Crippen molar-refractivity contribution in [1.29, 1.82) is 0 Å². The highest BCUT2D eigenvalue weighted by Crippen LogP contribution is 2.34. The van der Waals surface area contributed by atoms with Crippen molar-refractivity contribution in [2.75, 3.05) is 20.1 Å².